The summed E-state index contributed by atoms with van der Waals surface area (Å²) in [5.74, 6) is -0.758. The number of methoxy groups -OCH3 is 1. The van der Waals surface area contributed by atoms with Crippen LogP contribution in [0.25, 0.3) is 11.3 Å². The molecular formula is C17H14N4O3. The number of amides is 1. The van der Waals surface area contributed by atoms with E-state index in [1.165, 1.54) is 7.11 Å². The minimum Gasteiger partial charge on any atom is -0.465 e. The smallest absolute Gasteiger partial charge is 0.337 e. The third-order valence-corrected chi connectivity index (χ3v) is 3.34. The summed E-state index contributed by atoms with van der Waals surface area (Å²) >= 11 is 0. The zero-order valence-corrected chi connectivity index (χ0v) is 12.8. The molecule has 0 fully saturated rings. The number of ether oxygens (including phenoxy) is 1. The summed E-state index contributed by atoms with van der Waals surface area (Å²) < 4.78 is 4.63. The van der Waals surface area contributed by atoms with Gasteiger partial charge < -0.3 is 10.1 Å². The highest BCUT2D eigenvalue weighted by Gasteiger charge is 2.12. The first kappa shape index (κ1) is 15.4. The van der Waals surface area contributed by atoms with Crippen LogP contribution in [0.3, 0.4) is 0 Å². The maximum Gasteiger partial charge on any atom is 0.337 e. The van der Waals surface area contributed by atoms with Crippen LogP contribution in [0.4, 0.5) is 5.69 Å². The molecule has 0 spiro atoms. The molecule has 0 bridgehead atoms. The number of carbonyl (C=O) groups excluding carboxylic acids is 2. The number of aromatic amines is 1. The van der Waals surface area contributed by atoms with Crippen molar-refractivity contribution in [3.63, 3.8) is 0 Å². The predicted octanol–water partition coefficient (Wildman–Crippen LogP) is 2.51. The first-order valence-electron chi connectivity index (χ1n) is 7.13. The number of aromatic nitrogens is 3. The molecule has 0 radical (unpaired) electrons. The van der Waals surface area contributed by atoms with E-state index in [4.69, 9.17) is 0 Å². The molecule has 3 rings (SSSR count). The molecule has 2 heterocycles. The van der Waals surface area contributed by atoms with Gasteiger partial charge in [0.15, 0.2) is 0 Å². The van der Waals surface area contributed by atoms with Crippen molar-refractivity contribution in [1.29, 1.82) is 0 Å². The molecule has 7 nitrogen and oxygen atoms in total. The van der Waals surface area contributed by atoms with Crippen molar-refractivity contribution < 1.29 is 14.3 Å². The van der Waals surface area contributed by atoms with Gasteiger partial charge in [-0.3, -0.25) is 14.9 Å². The fourth-order valence-electron chi connectivity index (χ4n) is 2.11. The predicted molar refractivity (Wildman–Crippen MR) is 87.6 cm³/mol. The highest BCUT2D eigenvalue weighted by molar-refractivity contribution is 6.03. The van der Waals surface area contributed by atoms with E-state index in [0.29, 0.717) is 22.6 Å². The molecule has 0 aliphatic heterocycles. The van der Waals surface area contributed by atoms with Crippen molar-refractivity contribution >= 4 is 17.6 Å². The molecule has 24 heavy (non-hydrogen) atoms. The van der Waals surface area contributed by atoms with Gasteiger partial charge in [0.05, 0.1) is 18.4 Å². The standard InChI is InChI=1S/C17H14N4O3/c1-24-17(23)11-4-6-13(7-5-11)19-16(22)15-9-14(20-21-15)12-3-2-8-18-10-12/h2-10H,1H3,(H,19,22)(H,20,21). The van der Waals surface area contributed by atoms with Crippen LogP contribution in [0, 0.1) is 0 Å². The minimum atomic E-state index is -0.428. The quantitative estimate of drug-likeness (QED) is 0.719. The molecule has 0 unspecified atom stereocenters. The third-order valence-electron chi connectivity index (χ3n) is 3.34. The summed E-state index contributed by atoms with van der Waals surface area (Å²) in [5, 5.41) is 9.54. The first-order chi connectivity index (χ1) is 11.7. The molecule has 0 aliphatic carbocycles. The van der Waals surface area contributed by atoms with E-state index in [0.717, 1.165) is 5.56 Å². The highest BCUT2D eigenvalue weighted by atomic mass is 16.5. The molecule has 1 aromatic carbocycles. The lowest BCUT2D eigenvalue weighted by atomic mass is 10.2. The third kappa shape index (κ3) is 3.30. The van der Waals surface area contributed by atoms with E-state index in [2.05, 4.69) is 25.2 Å². The Labute approximate surface area is 137 Å². The second-order valence-electron chi connectivity index (χ2n) is 4.93. The van der Waals surface area contributed by atoms with E-state index in [9.17, 15) is 9.59 Å². The Morgan fingerprint density at radius 2 is 1.96 bits per heavy atom. The molecule has 120 valence electrons. The van der Waals surface area contributed by atoms with Crippen LogP contribution in [-0.4, -0.2) is 34.2 Å². The lowest BCUT2D eigenvalue weighted by Crippen LogP contribution is -2.12. The number of hydrogen-bond donors (Lipinski definition) is 2. The van der Waals surface area contributed by atoms with Crippen molar-refractivity contribution in [1.82, 2.24) is 15.2 Å². The van der Waals surface area contributed by atoms with E-state index in [1.807, 2.05) is 6.07 Å². The summed E-state index contributed by atoms with van der Waals surface area (Å²) in [6, 6.07) is 11.7. The molecule has 0 aliphatic rings. The van der Waals surface area contributed by atoms with Gasteiger partial charge in [-0.05, 0) is 42.5 Å². The number of pyridine rings is 1. The number of hydrogen-bond acceptors (Lipinski definition) is 5. The van der Waals surface area contributed by atoms with Gasteiger partial charge in [-0.25, -0.2) is 4.79 Å². The Morgan fingerprint density at radius 1 is 1.17 bits per heavy atom. The van der Waals surface area contributed by atoms with Crippen LogP contribution in [0.2, 0.25) is 0 Å². The normalized spacial score (nSPS) is 10.2. The van der Waals surface area contributed by atoms with Crippen molar-refractivity contribution in [3.05, 3.63) is 66.1 Å². The second kappa shape index (κ2) is 6.74. The molecular weight excluding hydrogens is 308 g/mol. The molecule has 0 saturated heterocycles. The van der Waals surface area contributed by atoms with Gasteiger partial charge in [0.2, 0.25) is 0 Å². The van der Waals surface area contributed by atoms with E-state index >= 15 is 0 Å². The van der Waals surface area contributed by atoms with E-state index in [-0.39, 0.29) is 5.91 Å². The summed E-state index contributed by atoms with van der Waals surface area (Å²) in [6.45, 7) is 0. The van der Waals surface area contributed by atoms with Gasteiger partial charge in [0.1, 0.15) is 5.69 Å². The fourth-order valence-corrected chi connectivity index (χ4v) is 2.11. The average Bonchev–Trinajstić information content (AvgIpc) is 3.13. The lowest BCUT2D eigenvalue weighted by molar-refractivity contribution is 0.0600. The van der Waals surface area contributed by atoms with Crippen LogP contribution in [0.15, 0.2) is 54.9 Å². The number of H-pyrrole nitrogens is 1. The largest absolute Gasteiger partial charge is 0.465 e. The topological polar surface area (TPSA) is 97.0 Å². The van der Waals surface area contributed by atoms with Gasteiger partial charge in [-0.2, -0.15) is 5.10 Å². The van der Waals surface area contributed by atoms with Crippen LogP contribution >= 0.6 is 0 Å². The Balaban J connectivity index is 1.71. The number of rotatable bonds is 4. The number of benzene rings is 1. The van der Waals surface area contributed by atoms with Gasteiger partial charge >= 0.3 is 5.97 Å². The summed E-state index contributed by atoms with van der Waals surface area (Å²) in [4.78, 5) is 27.6. The number of esters is 1. The molecule has 2 N–H and O–H groups in total. The maximum absolute atomic E-state index is 12.2. The van der Waals surface area contributed by atoms with Crippen LogP contribution < -0.4 is 5.32 Å². The van der Waals surface area contributed by atoms with Crippen molar-refractivity contribution in [3.8, 4) is 11.3 Å². The molecule has 7 heteroatoms. The summed E-state index contributed by atoms with van der Waals surface area (Å²) in [5.41, 5.74) is 2.75. The number of nitrogens with one attached hydrogen (secondary N) is 2. The Morgan fingerprint density at radius 3 is 2.62 bits per heavy atom. The Kier molecular flexibility index (Phi) is 4.33. The molecule has 0 atom stereocenters. The van der Waals surface area contributed by atoms with Crippen LogP contribution in [0.5, 0.6) is 0 Å². The van der Waals surface area contributed by atoms with Gasteiger partial charge in [-0.15, -0.1) is 0 Å². The Bertz CT molecular complexity index is 857. The van der Waals surface area contributed by atoms with Crippen LogP contribution in [-0.2, 0) is 4.74 Å². The number of anilines is 1. The van der Waals surface area contributed by atoms with E-state index in [1.54, 1.807) is 48.8 Å². The molecule has 0 saturated carbocycles. The van der Waals surface area contributed by atoms with Crippen molar-refractivity contribution in [2.24, 2.45) is 0 Å². The molecule has 3 aromatic rings. The number of carbonyl (C=O) groups is 2. The summed E-state index contributed by atoms with van der Waals surface area (Å²) in [7, 11) is 1.32. The van der Waals surface area contributed by atoms with Crippen LogP contribution in [0.1, 0.15) is 20.8 Å². The molecule has 1 amide bonds. The van der Waals surface area contributed by atoms with Gasteiger partial charge in [-0.1, -0.05) is 0 Å². The number of nitrogens with zero attached hydrogens (tertiary/aromatic N) is 2. The average molecular weight is 322 g/mol. The SMILES string of the molecule is COC(=O)c1ccc(NC(=O)c2cc(-c3cccnc3)n[nH]2)cc1. The highest BCUT2D eigenvalue weighted by Crippen LogP contribution is 2.17. The minimum absolute atomic E-state index is 0.325. The zero-order valence-electron chi connectivity index (χ0n) is 12.8. The summed E-state index contributed by atoms with van der Waals surface area (Å²) in [6.07, 6.45) is 3.34. The van der Waals surface area contributed by atoms with Crippen molar-refractivity contribution in [2.45, 2.75) is 0 Å². The van der Waals surface area contributed by atoms with Gasteiger partial charge in [0.25, 0.3) is 5.91 Å². The first-order valence-corrected chi connectivity index (χ1v) is 7.13. The maximum atomic E-state index is 12.2. The Hall–Kier alpha value is -3.48. The van der Waals surface area contributed by atoms with Crippen molar-refractivity contribution in [2.75, 3.05) is 12.4 Å². The molecule has 2 aromatic heterocycles. The fraction of sp³-hybridized carbons (Fsp3) is 0.0588. The monoisotopic (exact) mass is 322 g/mol. The zero-order chi connectivity index (χ0) is 16.9. The lowest BCUT2D eigenvalue weighted by Gasteiger charge is -2.04. The van der Waals surface area contributed by atoms with Gasteiger partial charge in [0, 0.05) is 23.6 Å². The second-order valence-corrected chi connectivity index (χ2v) is 4.93. The van der Waals surface area contributed by atoms with E-state index < -0.39 is 5.97 Å².